The van der Waals surface area contributed by atoms with Gasteiger partial charge in [-0.2, -0.15) is 0 Å². The topological polar surface area (TPSA) is 70.2 Å². The minimum absolute atomic E-state index is 0.134. The van der Waals surface area contributed by atoms with Crippen LogP contribution in [0.3, 0.4) is 0 Å². The molecule has 1 aliphatic heterocycles. The first-order valence-electron chi connectivity index (χ1n) is 11.4. The molecule has 2 aliphatic carbocycles. The number of ether oxygens (including phenoxy) is 1. The number of fused-ring (bicyclic) bond motifs is 2. The van der Waals surface area contributed by atoms with Crippen molar-refractivity contribution >= 4 is 29.3 Å². The molecule has 0 spiro atoms. The minimum Gasteiger partial charge on any atom is -0.460 e. The standard InChI is InChI=1S/C25H33N3O4/c1-25(2,3)32-22(29)14-21-23(30)28(20-10-8-19(9-11-20)26(4)5)24(31)27(21)15-18-13-16-6-7-17(18)12-16/h6-11,16-18,21H,12-15H2,1-5H3/t16?,17?,18?,21-/m0/s1. The van der Waals surface area contributed by atoms with Gasteiger partial charge in [0.2, 0.25) is 0 Å². The van der Waals surface area contributed by atoms with Crippen molar-refractivity contribution in [3.8, 4) is 0 Å². The summed E-state index contributed by atoms with van der Waals surface area (Å²) in [7, 11) is 3.87. The third kappa shape index (κ3) is 4.38. The molecular formula is C25H33N3O4. The molecule has 0 aromatic heterocycles. The van der Waals surface area contributed by atoms with Gasteiger partial charge in [-0.15, -0.1) is 0 Å². The Balaban J connectivity index is 1.58. The first-order valence-corrected chi connectivity index (χ1v) is 11.4. The van der Waals surface area contributed by atoms with Crippen molar-refractivity contribution in [3.63, 3.8) is 0 Å². The number of rotatable bonds is 6. The van der Waals surface area contributed by atoms with Gasteiger partial charge in [-0.05, 0) is 75.6 Å². The van der Waals surface area contributed by atoms with E-state index in [1.165, 1.54) is 4.90 Å². The summed E-state index contributed by atoms with van der Waals surface area (Å²) in [5.74, 6) is 0.498. The molecule has 0 N–H and O–H groups in total. The van der Waals surface area contributed by atoms with Crippen molar-refractivity contribution in [2.75, 3.05) is 30.4 Å². The molecule has 4 atom stereocenters. The molecule has 2 bridgehead atoms. The van der Waals surface area contributed by atoms with Crippen molar-refractivity contribution in [3.05, 3.63) is 36.4 Å². The van der Waals surface area contributed by atoms with E-state index in [0.717, 1.165) is 18.5 Å². The minimum atomic E-state index is -0.839. The number of amides is 3. The normalized spacial score (nSPS) is 26.9. The molecule has 1 heterocycles. The summed E-state index contributed by atoms with van der Waals surface area (Å²) < 4.78 is 5.47. The Bertz CT molecular complexity index is 932. The fraction of sp³-hybridized carbons (Fsp3) is 0.560. The zero-order valence-corrected chi connectivity index (χ0v) is 19.6. The molecule has 3 unspecified atom stereocenters. The Morgan fingerprint density at radius 2 is 1.78 bits per heavy atom. The zero-order valence-electron chi connectivity index (χ0n) is 19.6. The van der Waals surface area contributed by atoms with Crippen LogP contribution in [0.1, 0.15) is 40.0 Å². The molecule has 7 heteroatoms. The van der Waals surface area contributed by atoms with Gasteiger partial charge < -0.3 is 14.5 Å². The molecule has 3 aliphatic rings. The first kappa shape index (κ1) is 22.4. The van der Waals surface area contributed by atoms with Gasteiger partial charge in [-0.3, -0.25) is 9.59 Å². The second-order valence-electron chi connectivity index (χ2n) is 10.4. The van der Waals surface area contributed by atoms with E-state index < -0.39 is 17.6 Å². The highest BCUT2D eigenvalue weighted by molar-refractivity contribution is 6.22. The maximum absolute atomic E-state index is 13.5. The van der Waals surface area contributed by atoms with Gasteiger partial charge >= 0.3 is 12.0 Å². The van der Waals surface area contributed by atoms with Gasteiger partial charge in [-0.25, -0.2) is 9.69 Å². The van der Waals surface area contributed by atoms with Crippen molar-refractivity contribution in [2.45, 2.75) is 51.7 Å². The SMILES string of the molecule is CN(C)c1ccc(N2C(=O)[C@H](CC(=O)OC(C)(C)C)N(CC3CC4C=CC3C4)C2=O)cc1. The van der Waals surface area contributed by atoms with Crippen LogP contribution >= 0.6 is 0 Å². The Morgan fingerprint density at radius 3 is 2.31 bits per heavy atom. The summed E-state index contributed by atoms with van der Waals surface area (Å²) in [6, 6.07) is 6.12. The number of benzene rings is 1. The Kier molecular flexibility index (Phi) is 5.77. The largest absolute Gasteiger partial charge is 0.460 e. The van der Waals surface area contributed by atoms with Crippen molar-refractivity contribution in [1.82, 2.24) is 4.90 Å². The predicted molar refractivity (Wildman–Crippen MR) is 123 cm³/mol. The lowest BCUT2D eigenvalue weighted by Crippen LogP contribution is -2.41. The molecule has 172 valence electrons. The number of urea groups is 1. The van der Waals surface area contributed by atoms with E-state index in [4.69, 9.17) is 4.74 Å². The van der Waals surface area contributed by atoms with Gasteiger partial charge in [0.05, 0.1) is 12.1 Å². The number of carbonyl (C=O) groups is 3. The maximum atomic E-state index is 13.5. The number of allylic oxidation sites excluding steroid dienone is 2. The number of esters is 1. The third-order valence-electron chi connectivity index (χ3n) is 6.57. The van der Waals surface area contributed by atoms with E-state index >= 15 is 0 Å². The molecule has 1 aromatic rings. The van der Waals surface area contributed by atoms with E-state index in [9.17, 15) is 14.4 Å². The molecule has 0 radical (unpaired) electrons. The lowest BCUT2D eigenvalue weighted by atomic mass is 9.92. The molecule has 4 rings (SSSR count). The summed E-state index contributed by atoms with van der Waals surface area (Å²) in [5.41, 5.74) is 0.851. The molecule has 1 saturated carbocycles. The number of imide groups is 1. The highest BCUT2D eigenvalue weighted by Crippen LogP contribution is 2.44. The lowest BCUT2D eigenvalue weighted by molar-refractivity contribution is -0.156. The molecule has 1 saturated heterocycles. The highest BCUT2D eigenvalue weighted by atomic mass is 16.6. The molecule has 32 heavy (non-hydrogen) atoms. The van der Waals surface area contributed by atoms with E-state index in [-0.39, 0.29) is 18.4 Å². The fourth-order valence-electron chi connectivity index (χ4n) is 5.08. The van der Waals surface area contributed by atoms with E-state index in [0.29, 0.717) is 30.0 Å². The number of anilines is 2. The fourth-order valence-corrected chi connectivity index (χ4v) is 5.08. The number of hydrogen-bond donors (Lipinski definition) is 0. The quantitative estimate of drug-likeness (QED) is 0.383. The smallest absolute Gasteiger partial charge is 0.332 e. The number of hydrogen-bond acceptors (Lipinski definition) is 5. The van der Waals surface area contributed by atoms with Crippen LogP contribution in [0.25, 0.3) is 0 Å². The Labute approximate surface area is 190 Å². The Morgan fingerprint density at radius 1 is 1.09 bits per heavy atom. The molecule has 2 fully saturated rings. The molecular weight excluding hydrogens is 406 g/mol. The van der Waals surface area contributed by atoms with Crippen LogP contribution in [0.15, 0.2) is 36.4 Å². The average Bonchev–Trinajstić information content (AvgIpc) is 3.37. The predicted octanol–water partition coefficient (Wildman–Crippen LogP) is 3.83. The van der Waals surface area contributed by atoms with Crippen molar-refractivity contribution in [1.29, 1.82) is 0 Å². The van der Waals surface area contributed by atoms with Crippen LogP contribution in [-0.2, 0) is 14.3 Å². The lowest BCUT2D eigenvalue weighted by Gasteiger charge is -2.28. The van der Waals surface area contributed by atoms with Crippen LogP contribution in [-0.4, -0.2) is 55.1 Å². The zero-order chi connectivity index (χ0) is 23.2. The summed E-state index contributed by atoms with van der Waals surface area (Å²) in [6.07, 6.45) is 6.50. The van der Waals surface area contributed by atoms with Gasteiger partial charge in [0.1, 0.15) is 11.6 Å². The van der Waals surface area contributed by atoms with Crippen LogP contribution in [0.4, 0.5) is 16.2 Å². The summed E-state index contributed by atoms with van der Waals surface area (Å²) >= 11 is 0. The number of carbonyl (C=O) groups excluding carboxylic acids is 3. The van der Waals surface area contributed by atoms with Gasteiger partial charge in [0, 0.05) is 26.3 Å². The van der Waals surface area contributed by atoms with Crippen LogP contribution < -0.4 is 9.80 Å². The molecule has 3 amide bonds. The summed E-state index contributed by atoms with van der Waals surface area (Å²) in [5, 5.41) is 0. The average molecular weight is 440 g/mol. The van der Waals surface area contributed by atoms with Gasteiger partial charge in [0.25, 0.3) is 5.91 Å². The van der Waals surface area contributed by atoms with E-state index in [1.807, 2.05) is 31.1 Å². The highest BCUT2D eigenvalue weighted by Gasteiger charge is 2.49. The van der Waals surface area contributed by atoms with Crippen LogP contribution in [0.2, 0.25) is 0 Å². The van der Waals surface area contributed by atoms with Crippen molar-refractivity contribution in [2.24, 2.45) is 17.8 Å². The maximum Gasteiger partial charge on any atom is 0.332 e. The summed E-state index contributed by atoms with van der Waals surface area (Å²) in [6.45, 7) is 5.87. The van der Waals surface area contributed by atoms with E-state index in [2.05, 4.69) is 12.2 Å². The third-order valence-corrected chi connectivity index (χ3v) is 6.57. The first-order chi connectivity index (χ1) is 15.0. The number of nitrogens with zero attached hydrogens (tertiary/aromatic N) is 3. The molecule has 1 aromatic carbocycles. The summed E-state index contributed by atoms with van der Waals surface area (Å²) in [4.78, 5) is 44.2. The van der Waals surface area contributed by atoms with Gasteiger partial charge in [-0.1, -0.05) is 12.2 Å². The van der Waals surface area contributed by atoms with Gasteiger partial charge in [0.15, 0.2) is 0 Å². The van der Waals surface area contributed by atoms with Crippen LogP contribution in [0.5, 0.6) is 0 Å². The van der Waals surface area contributed by atoms with E-state index in [1.54, 1.807) is 37.8 Å². The monoisotopic (exact) mass is 439 g/mol. The van der Waals surface area contributed by atoms with Crippen molar-refractivity contribution < 1.29 is 19.1 Å². The molecule has 7 nitrogen and oxygen atoms in total. The van der Waals surface area contributed by atoms with Crippen LogP contribution in [0, 0.1) is 17.8 Å². The Hall–Kier alpha value is -2.83. The second-order valence-corrected chi connectivity index (χ2v) is 10.4. The second kappa shape index (κ2) is 8.26.